The highest BCUT2D eigenvalue weighted by atomic mass is 16.5. The molecule has 4 rings (SSSR count). The quantitative estimate of drug-likeness (QED) is 0.746. The largest absolute Gasteiger partial charge is 0.454 e. The lowest BCUT2D eigenvalue weighted by molar-refractivity contribution is 0.215. The summed E-state index contributed by atoms with van der Waals surface area (Å²) >= 11 is 0. The van der Waals surface area contributed by atoms with Gasteiger partial charge in [0.2, 0.25) is 0 Å². The van der Waals surface area contributed by atoms with Gasteiger partial charge in [-0.05, 0) is 43.8 Å². The first-order valence-corrected chi connectivity index (χ1v) is 8.11. The monoisotopic (exact) mass is 307 g/mol. The summed E-state index contributed by atoms with van der Waals surface area (Å²) in [4.78, 5) is 9.70. The van der Waals surface area contributed by atoms with Crippen LogP contribution in [0.5, 0.6) is 11.5 Å². The zero-order valence-electron chi connectivity index (χ0n) is 13.6. The predicted molar refractivity (Wildman–Crippen MR) is 93.0 cm³/mol. The molecule has 23 heavy (non-hydrogen) atoms. The molecule has 0 aromatic heterocycles. The molecular formula is C19H21N3O. The summed E-state index contributed by atoms with van der Waals surface area (Å²) in [6.07, 6.45) is 0. The molecule has 118 valence electrons. The first-order valence-electron chi connectivity index (χ1n) is 8.11. The van der Waals surface area contributed by atoms with Gasteiger partial charge in [-0.3, -0.25) is 0 Å². The Kier molecular flexibility index (Phi) is 3.54. The third-order valence-corrected chi connectivity index (χ3v) is 4.49. The second-order valence-electron chi connectivity index (χ2n) is 6.30. The van der Waals surface area contributed by atoms with E-state index in [9.17, 15) is 0 Å². The van der Waals surface area contributed by atoms with Crippen molar-refractivity contribution in [1.29, 1.82) is 0 Å². The van der Waals surface area contributed by atoms with Crippen LogP contribution in [0.1, 0.15) is 11.1 Å². The van der Waals surface area contributed by atoms with Crippen molar-refractivity contribution in [1.82, 2.24) is 9.80 Å². The van der Waals surface area contributed by atoms with Crippen molar-refractivity contribution in [3.8, 4) is 11.5 Å². The van der Waals surface area contributed by atoms with Crippen LogP contribution in [0.25, 0.3) is 0 Å². The number of para-hydroxylation sites is 1. The summed E-state index contributed by atoms with van der Waals surface area (Å²) in [5.74, 6) is 2.74. The number of hydrogen-bond donors (Lipinski definition) is 0. The van der Waals surface area contributed by atoms with E-state index in [-0.39, 0.29) is 0 Å². The highest BCUT2D eigenvalue weighted by Gasteiger charge is 2.24. The number of hydrogen-bond acceptors (Lipinski definition) is 4. The van der Waals surface area contributed by atoms with E-state index in [2.05, 4.69) is 48.0 Å². The van der Waals surface area contributed by atoms with Crippen molar-refractivity contribution in [3.63, 3.8) is 0 Å². The fraction of sp³-hybridized carbons (Fsp3) is 0.316. The third kappa shape index (κ3) is 2.70. The molecule has 2 aromatic rings. The predicted octanol–water partition coefficient (Wildman–Crippen LogP) is 3.43. The van der Waals surface area contributed by atoms with Crippen molar-refractivity contribution in [2.45, 2.75) is 6.92 Å². The van der Waals surface area contributed by atoms with Crippen LogP contribution >= 0.6 is 0 Å². The Morgan fingerprint density at radius 1 is 0.957 bits per heavy atom. The Morgan fingerprint density at radius 3 is 2.57 bits per heavy atom. The molecular weight excluding hydrogens is 286 g/mol. The molecule has 2 aliphatic rings. The maximum atomic E-state index is 6.17. The topological polar surface area (TPSA) is 28.1 Å². The Balaban J connectivity index is 1.82. The molecule has 2 aromatic carbocycles. The average molecular weight is 307 g/mol. The van der Waals surface area contributed by atoms with Gasteiger partial charge in [0.25, 0.3) is 0 Å². The minimum Gasteiger partial charge on any atom is -0.454 e. The van der Waals surface area contributed by atoms with Crippen molar-refractivity contribution < 1.29 is 4.74 Å². The highest BCUT2D eigenvalue weighted by molar-refractivity contribution is 6.03. The molecule has 0 atom stereocenters. The highest BCUT2D eigenvalue weighted by Crippen LogP contribution is 2.38. The van der Waals surface area contributed by atoms with Gasteiger partial charge in [-0.15, -0.1) is 0 Å². The van der Waals surface area contributed by atoms with Crippen LogP contribution in [0.2, 0.25) is 0 Å². The SMILES string of the molecule is Cc1ccc2c(c1)Oc1ccccc1C(N1CCN(C)CC1)=N2. The molecule has 2 aliphatic heterocycles. The standard InChI is InChI=1S/C19H21N3O/c1-14-7-8-16-18(13-14)23-17-6-4-3-5-15(17)19(20-16)22-11-9-21(2)10-12-22/h3-8,13H,9-12H2,1-2H3. The van der Waals surface area contributed by atoms with Crippen molar-refractivity contribution in [3.05, 3.63) is 53.6 Å². The lowest BCUT2D eigenvalue weighted by atomic mass is 10.1. The summed E-state index contributed by atoms with van der Waals surface area (Å²) in [5, 5.41) is 0. The van der Waals surface area contributed by atoms with E-state index in [4.69, 9.17) is 9.73 Å². The molecule has 4 heteroatoms. The van der Waals surface area contributed by atoms with Crippen LogP contribution in [0, 0.1) is 6.92 Å². The molecule has 0 amide bonds. The number of aliphatic imine (C=N–C) groups is 1. The first kappa shape index (κ1) is 14.3. The number of piperazine rings is 1. The summed E-state index contributed by atoms with van der Waals surface area (Å²) < 4.78 is 6.17. The van der Waals surface area contributed by atoms with Crippen molar-refractivity contribution >= 4 is 11.5 Å². The number of benzene rings is 2. The van der Waals surface area contributed by atoms with Gasteiger partial charge in [0.05, 0.1) is 5.56 Å². The van der Waals surface area contributed by atoms with E-state index >= 15 is 0 Å². The number of rotatable bonds is 0. The van der Waals surface area contributed by atoms with Gasteiger partial charge < -0.3 is 14.5 Å². The number of ether oxygens (including phenoxy) is 1. The normalized spacial score (nSPS) is 17.7. The van der Waals surface area contributed by atoms with Gasteiger partial charge in [0.1, 0.15) is 17.3 Å². The van der Waals surface area contributed by atoms with Crippen LogP contribution in [0.15, 0.2) is 47.5 Å². The van der Waals surface area contributed by atoms with Crippen molar-refractivity contribution in [2.24, 2.45) is 4.99 Å². The Hall–Kier alpha value is -2.33. The molecule has 1 fully saturated rings. The van der Waals surface area contributed by atoms with Crippen molar-refractivity contribution in [2.75, 3.05) is 33.2 Å². The second kappa shape index (κ2) is 5.70. The molecule has 0 saturated carbocycles. The molecule has 0 unspecified atom stereocenters. The number of amidine groups is 1. The third-order valence-electron chi connectivity index (χ3n) is 4.49. The second-order valence-corrected chi connectivity index (χ2v) is 6.30. The van der Waals surface area contributed by atoms with E-state index in [1.165, 1.54) is 5.56 Å². The van der Waals surface area contributed by atoms with E-state index in [0.717, 1.165) is 54.8 Å². The number of aryl methyl sites for hydroxylation is 1. The van der Waals surface area contributed by atoms with Gasteiger partial charge in [-0.25, -0.2) is 4.99 Å². The molecule has 0 bridgehead atoms. The lowest BCUT2D eigenvalue weighted by Crippen LogP contribution is -2.47. The summed E-state index contributed by atoms with van der Waals surface area (Å²) in [5.41, 5.74) is 3.16. The molecule has 1 saturated heterocycles. The van der Waals surface area contributed by atoms with Crippen LogP contribution in [0.4, 0.5) is 5.69 Å². The Morgan fingerprint density at radius 2 is 1.74 bits per heavy atom. The smallest absolute Gasteiger partial charge is 0.153 e. The first-order chi connectivity index (χ1) is 11.2. The molecule has 2 heterocycles. The van der Waals surface area contributed by atoms with Crippen LogP contribution in [-0.2, 0) is 0 Å². The van der Waals surface area contributed by atoms with Gasteiger partial charge in [0, 0.05) is 26.2 Å². The van der Waals surface area contributed by atoms with Gasteiger partial charge >= 0.3 is 0 Å². The molecule has 4 nitrogen and oxygen atoms in total. The molecule has 0 N–H and O–H groups in total. The maximum absolute atomic E-state index is 6.17. The average Bonchev–Trinajstić information content (AvgIpc) is 2.72. The van der Waals surface area contributed by atoms with E-state index in [0.29, 0.717) is 0 Å². The number of nitrogens with zero attached hydrogens (tertiary/aromatic N) is 3. The zero-order valence-corrected chi connectivity index (χ0v) is 13.6. The number of likely N-dealkylation sites (N-methyl/N-ethyl adjacent to an activating group) is 1. The lowest BCUT2D eigenvalue weighted by Gasteiger charge is -2.34. The van der Waals surface area contributed by atoms with Crippen LogP contribution in [0.3, 0.4) is 0 Å². The fourth-order valence-electron chi connectivity index (χ4n) is 3.09. The zero-order chi connectivity index (χ0) is 15.8. The minimum atomic E-state index is 0.835. The Labute approximate surface area is 137 Å². The van der Waals surface area contributed by atoms with E-state index in [1.54, 1.807) is 0 Å². The van der Waals surface area contributed by atoms with Crippen LogP contribution < -0.4 is 4.74 Å². The Bertz CT molecular complexity index is 761. The summed E-state index contributed by atoms with van der Waals surface area (Å²) in [7, 11) is 2.17. The summed E-state index contributed by atoms with van der Waals surface area (Å²) in [6, 6.07) is 14.4. The number of fused-ring (bicyclic) bond motifs is 2. The van der Waals surface area contributed by atoms with Gasteiger partial charge in [0.15, 0.2) is 5.75 Å². The van der Waals surface area contributed by atoms with Gasteiger partial charge in [-0.2, -0.15) is 0 Å². The molecule has 0 spiro atoms. The van der Waals surface area contributed by atoms with E-state index in [1.807, 2.05) is 18.2 Å². The van der Waals surface area contributed by atoms with E-state index < -0.39 is 0 Å². The molecule has 0 radical (unpaired) electrons. The minimum absolute atomic E-state index is 0.835. The van der Waals surface area contributed by atoms with Gasteiger partial charge in [-0.1, -0.05) is 18.2 Å². The van der Waals surface area contributed by atoms with Crippen LogP contribution in [-0.4, -0.2) is 48.9 Å². The fourth-order valence-corrected chi connectivity index (χ4v) is 3.09. The maximum Gasteiger partial charge on any atom is 0.153 e. The summed E-state index contributed by atoms with van der Waals surface area (Å²) in [6.45, 7) is 6.17. The molecule has 0 aliphatic carbocycles.